The molecule has 0 unspecified atom stereocenters. The minimum Gasteiger partial charge on any atom is -0.511 e. The van der Waals surface area contributed by atoms with E-state index >= 15 is 0 Å². The quantitative estimate of drug-likeness (QED) is 0.193. The maximum Gasteiger partial charge on any atom is 0.247 e. The minimum atomic E-state index is -0.648. The van der Waals surface area contributed by atoms with Crippen molar-refractivity contribution in [1.29, 1.82) is 0 Å². The van der Waals surface area contributed by atoms with Crippen molar-refractivity contribution < 1.29 is 14.3 Å². The lowest BCUT2D eigenvalue weighted by atomic mass is 10.1. The van der Waals surface area contributed by atoms with Gasteiger partial charge in [-0.25, -0.2) is 0 Å². The van der Waals surface area contributed by atoms with Crippen LogP contribution >= 0.6 is 11.7 Å². The molecule has 0 aliphatic carbocycles. The first kappa shape index (κ1) is 34.9. The Kier molecular flexibility index (Phi) is 23.1. The van der Waals surface area contributed by atoms with E-state index in [4.69, 9.17) is 10.2 Å². The monoisotopic (exact) mass is 489 g/mol. The number of terminal acetylenes is 2. The Morgan fingerprint density at radius 3 is 2.18 bits per heavy atom. The number of aliphatic hydroxyl groups is 1. The van der Waals surface area contributed by atoms with Gasteiger partial charge in [-0.1, -0.05) is 40.7 Å². The molecule has 0 atom stereocenters. The highest BCUT2D eigenvalue weighted by Gasteiger charge is 2.13. The van der Waals surface area contributed by atoms with Crippen molar-refractivity contribution in [1.82, 2.24) is 8.75 Å². The summed E-state index contributed by atoms with van der Waals surface area (Å²) in [4.78, 5) is 11.2. The number of nitrogens with one attached hydrogen (secondary N) is 2. The van der Waals surface area contributed by atoms with Crippen molar-refractivity contribution in [2.75, 3.05) is 10.6 Å². The van der Waals surface area contributed by atoms with Crippen molar-refractivity contribution in [2.24, 2.45) is 5.73 Å². The number of hydrogen-bond donors (Lipinski definition) is 4. The van der Waals surface area contributed by atoms with E-state index in [1.165, 1.54) is 6.92 Å². The predicted molar refractivity (Wildman–Crippen MR) is 144 cm³/mol. The molecule has 34 heavy (non-hydrogen) atoms. The number of amides is 1. The molecule has 5 N–H and O–H groups in total. The third-order valence-electron chi connectivity index (χ3n) is 3.60. The standard InChI is InChI=1S/C17H23N5O3S.2C2H6.2C2H2/c1-4-5-12(8-14(23)11(3)15(18)24)20-17-16(21-26-22-17)19-9-13-7-6-10(2)25-13;4*1-2/h5-7,23H,4,8-9H2,1-3H3,(H2,18,24)(H,19,21)(H,20,22);2*1-2H3;2*1-2H/b12-5+,14-11-;;;;. The number of carbonyl (C=O) groups is 1. The lowest BCUT2D eigenvalue weighted by Crippen LogP contribution is -2.14. The molecule has 0 saturated carbocycles. The topological polar surface area (TPSA) is 126 Å². The van der Waals surface area contributed by atoms with Crippen molar-refractivity contribution in [3.8, 4) is 25.7 Å². The molecule has 0 aromatic carbocycles. The Morgan fingerprint density at radius 1 is 1.15 bits per heavy atom. The molecule has 0 fully saturated rings. The summed E-state index contributed by atoms with van der Waals surface area (Å²) in [5, 5.41) is 16.4. The first-order valence-corrected chi connectivity index (χ1v) is 11.6. The molecule has 0 spiro atoms. The molecule has 9 heteroatoms. The van der Waals surface area contributed by atoms with Crippen LogP contribution in [0.4, 0.5) is 11.6 Å². The van der Waals surface area contributed by atoms with Gasteiger partial charge in [-0.05, 0) is 32.4 Å². The maximum atomic E-state index is 11.2. The van der Waals surface area contributed by atoms with E-state index in [0.717, 1.165) is 29.7 Å². The summed E-state index contributed by atoms with van der Waals surface area (Å²) in [5.41, 5.74) is 6.05. The van der Waals surface area contributed by atoms with Crippen LogP contribution < -0.4 is 16.4 Å². The van der Waals surface area contributed by atoms with Gasteiger partial charge in [0.1, 0.15) is 17.3 Å². The summed E-state index contributed by atoms with van der Waals surface area (Å²) < 4.78 is 14.0. The molecular weight excluding hydrogens is 450 g/mol. The SMILES string of the molecule is C#C.C#C.CC.CC.CC/C=C(\C/C(O)=C(\C)C(N)=O)Nc1nsnc1NCc1ccc(C)o1. The average molecular weight is 490 g/mol. The second kappa shape index (κ2) is 22.5. The number of furan rings is 1. The fourth-order valence-electron chi connectivity index (χ4n) is 2.16. The lowest BCUT2D eigenvalue weighted by molar-refractivity contribution is -0.114. The zero-order valence-corrected chi connectivity index (χ0v) is 22.1. The fourth-order valence-corrected chi connectivity index (χ4v) is 2.65. The average Bonchev–Trinajstić information content (AvgIpc) is 3.50. The second-order valence-electron chi connectivity index (χ2n) is 5.70. The third-order valence-corrected chi connectivity index (χ3v) is 4.13. The van der Waals surface area contributed by atoms with Crippen LogP contribution in [0.15, 0.2) is 39.7 Å². The van der Waals surface area contributed by atoms with E-state index in [1.54, 1.807) is 0 Å². The number of aliphatic hydroxyl groups excluding tert-OH is 1. The molecule has 0 saturated heterocycles. The molecule has 1 amide bonds. The van der Waals surface area contributed by atoms with Gasteiger partial charge < -0.3 is 25.9 Å². The predicted octanol–water partition coefficient (Wildman–Crippen LogP) is 6.02. The van der Waals surface area contributed by atoms with Crippen LogP contribution in [0.1, 0.15) is 65.9 Å². The van der Waals surface area contributed by atoms with Crippen molar-refractivity contribution in [3.63, 3.8) is 0 Å². The largest absolute Gasteiger partial charge is 0.511 e. The van der Waals surface area contributed by atoms with Crippen LogP contribution in [0.2, 0.25) is 0 Å². The number of hydrogen-bond acceptors (Lipinski definition) is 8. The summed E-state index contributed by atoms with van der Waals surface area (Å²) in [6.07, 6.45) is 18.8. The highest BCUT2D eigenvalue weighted by atomic mass is 32.1. The number of rotatable bonds is 9. The zero-order chi connectivity index (χ0) is 27.1. The molecule has 188 valence electrons. The van der Waals surface area contributed by atoms with Gasteiger partial charge in [0.05, 0.1) is 23.8 Å². The number of nitrogens with two attached hydrogens (primary N) is 1. The normalized spacial score (nSPS) is 10.1. The van der Waals surface area contributed by atoms with Gasteiger partial charge >= 0.3 is 0 Å². The first-order chi connectivity index (χ1) is 16.4. The number of allylic oxidation sites excluding steroid dienone is 1. The Bertz CT molecular complexity index is 902. The smallest absolute Gasteiger partial charge is 0.247 e. The minimum absolute atomic E-state index is 0.0755. The summed E-state index contributed by atoms with van der Waals surface area (Å²) in [6, 6.07) is 3.79. The van der Waals surface area contributed by atoms with E-state index in [0.29, 0.717) is 23.9 Å². The zero-order valence-electron chi connectivity index (χ0n) is 21.3. The summed E-state index contributed by atoms with van der Waals surface area (Å²) in [6.45, 7) is 13.8. The van der Waals surface area contributed by atoms with Gasteiger partial charge in [-0.3, -0.25) is 4.79 Å². The van der Waals surface area contributed by atoms with Crippen LogP contribution in [0.5, 0.6) is 0 Å². The van der Waals surface area contributed by atoms with Crippen LogP contribution in [-0.4, -0.2) is 19.8 Å². The molecule has 2 aromatic rings. The number of aryl methyl sites for hydroxylation is 1. The van der Waals surface area contributed by atoms with Gasteiger partial charge in [-0.15, -0.1) is 25.7 Å². The van der Waals surface area contributed by atoms with E-state index in [2.05, 4.69) is 45.1 Å². The van der Waals surface area contributed by atoms with E-state index < -0.39 is 5.91 Å². The number of aromatic nitrogens is 2. The Hall–Kier alpha value is -3.69. The summed E-state index contributed by atoms with van der Waals surface area (Å²) in [5.74, 6) is 2.04. The van der Waals surface area contributed by atoms with Crippen molar-refractivity contribution in [3.05, 3.63) is 46.8 Å². The van der Waals surface area contributed by atoms with Crippen molar-refractivity contribution in [2.45, 2.75) is 67.9 Å². The first-order valence-electron chi connectivity index (χ1n) is 10.8. The third kappa shape index (κ3) is 13.7. The molecule has 2 rings (SSSR count). The molecular formula is C25H39N5O3S. The van der Waals surface area contributed by atoms with Gasteiger partial charge in [0.15, 0.2) is 11.6 Å². The van der Waals surface area contributed by atoms with Crippen LogP contribution in [0, 0.1) is 32.6 Å². The number of primary amides is 1. The van der Waals surface area contributed by atoms with E-state index in [1.807, 2.05) is 59.8 Å². The molecule has 0 aliphatic rings. The van der Waals surface area contributed by atoms with E-state index in [-0.39, 0.29) is 17.8 Å². The highest BCUT2D eigenvalue weighted by Crippen LogP contribution is 2.23. The number of nitrogens with zero attached hydrogens (tertiary/aromatic N) is 2. The van der Waals surface area contributed by atoms with Gasteiger partial charge in [0, 0.05) is 12.1 Å². The van der Waals surface area contributed by atoms with Crippen LogP contribution in [0.25, 0.3) is 0 Å². The van der Waals surface area contributed by atoms with Gasteiger partial charge in [0.25, 0.3) is 0 Å². The second-order valence-corrected chi connectivity index (χ2v) is 6.23. The van der Waals surface area contributed by atoms with Crippen LogP contribution in [0.3, 0.4) is 0 Å². The molecule has 8 nitrogen and oxygen atoms in total. The van der Waals surface area contributed by atoms with Gasteiger partial charge in [-0.2, -0.15) is 8.75 Å². The Balaban J connectivity index is -0.00000108. The summed E-state index contributed by atoms with van der Waals surface area (Å²) >= 11 is 1.07. The lowest BCUT2D eigenvalue weighted by Gasteiger charge is -2.11. The molecule has 0 radical (unpaired) electrons. The highest BCUT2D eigenvalue weighted by molar-refractivity contribution is 6.99. The van der Waals surface area contributed by atoms with Crippen LogP contribution in [-0.2, 0) is 11.3 Å². The molecule has 2 aromatic heterocycles. The maximum absolute atomic E-state index is 11.2. The Labute approximate surface area is 209 Å². The molecule has 0 aliphatic heterocycles. The molecule has 0 bridgehead atoms. The number of carbonyl (C=O) groups excluding carboxylic acids is 1. The van der Waals surface area contributed by atoms with Gasteiger partial charge in [0.2, 0.25) is 5.91 Å². The number of anilines is 2. The Morgan fingerprint density at radius 2 is 1.71 bits per heavy atom. The fraction of sp³-hybridized carbons (Fsp3) is 0.400. The van der Waals surface area contributed by atoms with E-state index in [9.17, 15) is 9.90 Å². The molecule has 2 heterocycles. The van der Waals surface area contributed by atoms with Crippen molar-refractivity contribution >= 4 is 29.3 Å². The summed E-state index contributed by atoms with van der Waals surface area (Å²) in [7, 11) is 0.